The van der Waals surface area contributed by atoms with E-state index in [9.17, 15) is 0 Å². The molecule has 2 N–H and O–H groups in total. The average Bonchev–Trinajstić information content (AvgIpc) is 3.26. The fraction of sp³-hybridized carbons (Fsp3) is 0.722. The van der Waals surface area contributed by atoms with E-state index in [-0.39, 0.29) is 0 Å². The van der Waals surface area contributed by atoms with Gasteiger partial charge in [-0.3, -0.25) is 9.89 Å². The molecule has 0 radical (unpaired) electrons. The predicted molar refractivity (Wildman–Crippen MR) is 103 cm³/mol. The lowest BCUT2D eigenvalue weighted by molar-refractivity contribution is 0.141. The van der Waals surface area contributed by atoms with Gasteiger partial charge in [0.05, 0.1) is 13.2 Å². The van der Waals surface area contributed by atoms with E-state index in [2.05, 4.69) is 46.9 Å². The Labute approximate surface area is 150 Å². The number of guanidine groups is 1. The van der Waals surface area contributed by atoms with Crippen LogP contribution in [0.5, 0.6) is 0 Å². The van der Waals surface area contributed by atoms with Gasteiger partial charge in [-0.15, -0.1) is 11.3 Å². The molecule has 1 aliphatic heterocycles. The lowest BCUT2D eigenvalue weighted by Gasteiger charge is -2.25. The summed E-state index contributed by atoms with van der Waals surface area (Å²) in [4.78, 5) is 8.70. The van der Waals surface area contributed by atoms with E-state index in [1.165, 1.54) is 24.3 Å². The van der Waals surface area contributed by atoms with Crippen molar-refractivity contribution in [1.29, 1.82) is 0 Å². The van der Waals surface area contributed by atoms with Gasteiger partial charge in [-0.2, -0.15) is 0 Å². The third kappa shape index (κ3) is 6.07. The molecule has 2 heterocycles. The Morgan fingerprint density at radius 1 is 1.50 bits per heavy atom. The lowest BCUT2D eigenvalue weighted by Crippen LogP contribution is -2.45. The molecule has 5 nitrogen and oxygen atoms in total. The smallest absolute Gasteiger partial charge is 0.191 e. The minimum Gasteiger partial charge on any atom is -0.383 e. The highest BCUT2D eigenvalue weighted by atomic mass is 32.1. The van der Waals surface area contributed by atoms with Gasteiger partial charge in [0.1, 0.15) is 0 Å². The van der Waals surface area contributed by atoms with Crippen molar-refractivity contribution in [2.75, 3.05) is 46.4 Å². The molecular formula is C18H32N4OS. The van der Waals surface area contributed by atoms with Gasteiger partial charge in [0.15, 0.2) is 5.96 Å². The average molecular weight is 353 g/mol. The molecule has 2 atom stereocenters. The van der Waals surface area contributed by atoms with Crippen LogP contribution in [0.15, 0.2) is 22.5 Å². The second-order valence-electron chi connectivity index (χ2n) is 6.34. The van der Waals surface area contributed by atoms with Gasteiger partial charge < -0.3 is 15.4 Å². The number of rotatable bonds is 9. The largest absolute Gasteiger partial charge is 0.383 e. The molecule has 136 valence electrons. The van der Waals surface area contributed by atoms with Crippen LogP contribution in [0.3, 0.4) is 0 Å². The summed E-state index contributed by atoms with van der Waals surface area (Å²) in [6.07, 6.45) is 2.53. The van der Waals surface area contributed by atoms with Crippen molar-refractivity contribution >= 4 is 17.3 Å². The zero-order chi connectivity index (χ0) is 17.2. The van der Waals surface area contributed by atoms with Gasteiger partial charge in [-0.25, -0.2) is 0 Å². The molecule has 1 aromatic heterocycles. The maximum absolute atomic E-state index is 5.22. The SMILES string of the molecule is CCNC(=NCC(C)c1cccs1)NCC1CCCN1CCOC. The first-order valence-corrected chi connectivity index (χ1v) is 9.91. The number of thiophene rings is 1. The van der Waals surface area contributed by atoms with Crippen LogP contribution in [0.1, 0.15) is 37.5 Å². The Morgan fingerprint density at radius 3 is 3.08 bits per heavy atom. The molecule has 0 spiro atoms. The minimum atomic E-state index is 0.463. The fourth-order valence-corrected chi connectivity index (χ4v) is 3.85. The molecule has 1 fully saturated rings. The number of aliphatic imine (C=N–C) groups is 1. The van der Waals surface area contributed by atoms with E-state index in [1.807, 2.05) is 11.3 Å². The van der Waals surface area contributed by atoms with Crippen LogP contribution in [0, 0.1) is 0 Å². The molecule has 0 aliphatic carbocycles. The first-order chi connectivity index (χ1) is 11.7. The number of nitrogens with zero attached hydrogens (tertiary/aromatic N) is 2. The number of likely N-dealkylation sites (tertiary alicyclic amines) is 1. The molecular weight excluding hydrogens is 320 g/mol. The van der Waals surface area contributed by atoms with Crippen molar-refractivity contribution in [2.45, 2.75) is 38.6 Å². The quantitative estimate of drug-likeness (QED) is 0.530. The molecule has 0 amide bonds. The van der Waals surface area contributed by atoms with Crippen LogP contribution in [-0.4, -0.2) is 63.3 Å². The van der Waals surface area contributed by atoms with Crippen molar-refractivity contribution < 1.29 is 4.74 Å². The summed E-state index contributed by atoms with van der Waals surface area (Å²) in [5.74, 6) is 1.39. The van der Waals surface area contributed by atoms with E-state index < -0.39 is 0 Å². The van der Waals surface area contributed by atoms with Crippen LogP contribution in [0.2, 0.25) is 0 Å². The summed E-state index contributed by atoms with van der Waals surface area (Å²) in [5.41, 5.74) is 0. The number of hydrogen-bond donors (Lipinski definition) is 2. The van der Waals surface area contributed by atoms with Gasteiger partial charge in [0.25, 0.3) is 0 Å². The number of hydrogen-bond acceptors (Lipinski definition) is 4. The van der Waals surface area contributed by atoms with Crippen LogP contribution < -0.4 is 10.6 Å². The Morgan fingerprint density at radius 2 is 2.38 bits per heavy atom. The molecule has 24 heavy (non-hydrogen) atoms. The van der Waals surface area contributed by atoms with Crippen molar-refractivity contribution in [3.8, 4) is 0 Å². The Hall–Kier alpha value is -1.11. The van der Waals surface area contributed by atoms with Crippen LogP contribution in [-0.2, 0) is 4.74 Å². The van der Waals surface area contributed by atoms with Crippen molar-refractivity contribution in [3.05, 3.63) is 22.4 Å². The maximum Gasteiger partial charge on any atom is 0.191 e. The summed E-state index contributed by atoms with van der Waals surface area (Å²) >= 11 is 1.81. The molecule has 1 aliphatic rings. The Balaban J connectivity index is 1.82. The highest BCUT2D eigenvalue weighted by Gasteiger charge is 2.23. The molecule has 0 aromatic carbocycles. The summed E-state index contributed by atoms with van der Waals surface area (Å²) in [7, 11) is 1.77. The molecule has 2 unspecified atom stereocenters. The third-order valence-electron chi connectivity index (χ3n) is 4.48. The molecule has 2 rings (SSSR count). The second kappa shape index (κ2) is 10.7. The highest BCUT2D eigenvalue weighted by Crippen LogP contribution is 2.20. The molecule has 0 bridgehead atoms. The van der Waals surface area contributed by atoms with Crippen molar-refractivity contribution in [3.63, 3.8) is 0 Å². The van der Waals surface area contributed by atoms with Gasteiger partial charge in [-0.1, -0.05) is 13.0 Å². The minimum absolute atomic E-state index is 0.463. The first kappa shape index (κ1) is 19.2. The highest BCUT2D eigenvalue weighted by molar-refractivity contribution is 7.10. The van der Waals surface area contributed by atoms with E-state index in [4.69, 9.17) is 9.73 Å². The normalized spacial score (nSPS) is 20.3. The Bertz CT molecular complexity index is 477. The summed E-state index contributed by atoms with van der Waals surface area (Å²) < 4.78 is 5.22. The topological polar surface area (TPSA) is 48.9 Å². The van der Waals surface area contributed by atoms with E-state index in [1.54, 1.807) is 7.11 Å². The second-order valence-corrected chi connectivity index (χ2v) is 7.32. The van der Waals surface area contributed by atoms with E-state index >= 15 is 0 Å². The van der Waals surface area contributed by atoms with Crippen LogP contribution in [0.4, 0.5) is 0 Å². The predicted octanol–water partition coefficient (Wildman–Crippen LogP) is 2.52. The standard InChI is InChI=1S/C18H32N4OS/c1-4-19-18(20-13-15(2)17-8-6-12-24-17)21-14-16-7-5-9-22(16)10-11-23-3/h6,8,12,15-16H,4-5,7,9-11,13-14H2,1-3H3,(H2,19,20,21). The number of ether oxygens (including phenoxy) is 1. The van der Waals surface area contributed by atoms with E-state index in [0.29, 0.717) is 12.0 Å². The molecule has 1 saturated heterocycles. The molecule has 0 saturated carbocycles. The molecule has 1 aromatic rings. The van der Waals surface area contributed by atoms with Gasteiger partial charge in [0, 0.05) is 43.6 Å². The van der Waals surface area contributed by atoms with Gasteiger partial charge in [0.2, 0.25) is 0 Å². The first-order valence-electron chi connectivity index (χ1n) is 9.03. The maximum atomic E-state index is 5.22. The Kier molecular flexibility index (Phi) is 8.56. The summed E-state index contributed by atoms with van der Waals surface area (Å²) in [6.45, 7) is 10.0. The third-order valence-corrected chi connectivity index (χ3v) is 5.59. The van der Waals surface area contributed by atoms with Crippen LogP contribution in [0.25, 0.3) is 0 Å². The van der Waals surface area contributed by atoms with Crippen molar-refractivity contribution in [2.24, 2.45) is 4.99 Å². The van der Waals surface area contributed by atoms with Crippen LogP contribution >= 0.6 is 11.3 Å². The summed E-state index contributed by atoms with van der Waals surface area (Å²) in [6, 6.07) is 4.88. The lowest BCUT2D eigenvalue weighted by atomic mass is 10.1. The van der Waals surface area contributed by atoms with Crippen molar-refractivity contribution in [1.82, 2.24) is 15.5 Å². The number of nitrogens with one attached hydrogen (secondary N) is 2. The monoisotopic (exact) mass is 352 g/mol. The molecule has 6 heteroatoms. The fourth-order valence-electron chi connectivity index (χ4n) is 3.08. The van der Waals surface area contributed by atoms with E-state index in [0.717, 1.165) is 38.7 Å². The van der Waals surface area contributed by atoms with Gasteiger partial charge >= 0.3 is 0 Å². The zero-order valence-corrected chi connectivity index (χ0v) is 16.1. The van der Waals surface area contributed by atoms with Gasteiger partial charge in [-0.05, 0) is 37.8 Å². The zero-order valence-electron chi connectivity index (χ0n) is 15.3. The number of methoxy groups -OCH3 is 1. The summed E-state index contributed by atoms with van der Waals surface area (Å²) in [5, 5.41) is 9.03.